The van der Waals surface area contributed by atoms with Crippen LogP contribution in [0.5, 0.6) is 0 Å². The summed E-state index contributed by atoms with van der Waals surface area (Å²) in [4.78, 5) is 12.3. The second-order valence-electron chi connectivity index (χ2n) is 11.7. The third-order valence-corrected chi connectivity index (χ3v) is 7.98. The Morgan fingerprint density at radius 3 is 1.18 bits per heavy atom. The van der Waals surface area contributed by atoms with Crippen LogP contribution in [0.25, 0.3) is 0 Å². The smallest absolute Gasteiger partial charge is 0.249 e. The molecule has 0 heterocycles. The van der Waals surface area contributed by atoms with E-state index in [1.165, 1.54) is 122 Å². The molecule has 0 spiro atoms. The molecule has 0 rings (SSSR count). The quantitative estimate of drug-likeness (QED) is 0.0688. The minimum atomic E-state index is -1.06. The molecule has 0 aliphatic carbocycles. The maximum atomic E-state index is 12.3. The van der Waals surface area contributed by atoms with Crippen LogP contribution in [0.3, 0.4) is 0 Å². The van der Waals surface area contributed by atoms with Crippen LogP contribution < -0.4 is 5.32 Å². The van der Waals surface area contributed by atoms with Crippen LogP contribution in [-0.4, -0.2) is 46.1 Å². The van der Waals surface area contributed by atoms with Crippen LogP contribution in [0.1, 0.15) is 181 Å². The number of carbonyl (C=O) groups is 1. The first-order chi connectivity index (χ1) is 18.6. The minimum absolute atomic E-state index is 0.309. The fourth-order valence-corrected chi connectivity index (χ4v) is 5.25. The molecule has 228 valence electrons. The van der Waals surface area contributed by atoms with Gasteiger partial charge in [-0.1, -0.05) is 168 Å². The second-order valence-corrected chi connectivity index (χ2v) is 11.7. The van der Waals surface area contributed by atoms with Crippen molar-refractivity contribution < 1.29 is 20.1 Å². The predicted molar refractivity (Wildman–Crippen MR) is 162 cm³/mol. The number of carbonyl (C=O) groups excluding carboxylic acids is 1. The maximum absolute atomic E-state index is 12.3. The molecule has 0 aliphatic rings. The largest absolute Gasteiger partial charge is 0.394 e. The molecule has 3 atom stereocenters. The predicted octanol–water partition coefficient (Wildman–Crippen LogP) is 8.37. The van der Waals surface area contributed by atoms with Gasteiger partial charge in [0.2, 0.25) is 5.91 Å². The van der Waals surface area contributed by atoms with Crippen molar-refractivity contribution in [2.45, 2.75) is 199 Å². The highest BCUT2D eigenvalue weighted by molar-refractivity contribution is 5.80. The summed E-state index contributed by atoms with van der Waals surface area (Å²) < 4.78 is 0. The normalized spacial score (nSPS) is 13.9. The number of unbranched alkanes of at least 4 members (excludes halogenated alkanes) is 22. The van der Waals surface area contributed by atoms with Crippen molar-refractivity contribution in [2.24, 2.45) is 0 Å². The Bertz CT molecular complexity index is 488. The number of hydrogen-bond acceptors (Lipinski definition) is 4. The molecule has 0 saturated heterocycles. The van der Waals surface area contributed by atoms with Gasteiger partial charge in [0, 0.05) is 0 Å². The molecular formula is C33H67NO4. The third kappa shape index (κ3) is 24.4. The fraction of sp³-hybridized carbons (Fsp3) is 0.970. The van der Waals surface area contributed by atoms with E-state index in [0.717, 1.165) is 32.1 Å². The van der Waals surface area contributed by atoms with Gasteiger partial charge in [-0.3, -0.25) is 4.79 Å². The maximum Gasteiger partial charge on any atom is 0.249 e. The molecule has 5 nitrogen and oxygen atoms in total. The van der Waals surface area contributed by atoms with Gasteiger partial charge in [-0.05, 0) is 12.8 Å². The lowest BCUT2D eigenvalue weighted by molar-refractivity contribution is -0.131. The van der Waals surface area contributed by atoms with Gasteiger partial charge in [0.05, 0.1) is 18.8 Å². The van der Waals surface area contributed by atoms with E-state index in [0.29, 0.717) is 12.8 Å². The number of aliphatic hydroxyl groups excluding tert-OH is 3. The first kappa shape index (κ1) is 37.4. The van der Waals surface area contributed by atoms with E-state index >= 15 is 0 Å². The molecule has 0 aliphatic heterocycles. The number of rotatable bonds is 30. The van der Waals surface area contributed by atoms with Crippen molar-refractivity contribution in [1.82, 2.24) is 5.32 Å². The van der Waals surface area contributed by atoms with E-state index in [1.807, 2.05) is 0 Å². The lowest BCUT2D eigenvalue weighted by atomic mass is 10.0. The molecule has 0 aromatic carbocycles. The van der Waals surface area contributed by atoms with Gasteiger partial charge in [0.15, 0.2) is 0 Å². The van der Waals surface area contributed by atoms with Gasteiger partial charge < -0.3 is 20.6 Å². The Labute approximate surface area is 237 Å². The molecule has 0 saturated carbocycles. The topological polar surface area (TPSA) is 89.8 Å². The van der Waals surface area contributed by atoms with Crippen LogP contribution in [-0.2, 0) is 4.79 Å². The van der Waals surface area contributed by atoms with Crippen molar-refractivity contribution >= 4 is 5.91 Å². The molecule has 38 heavy (non-hydrogen) atoms. The summed E-state index contributed by atoms with van der Waals surface area (Å²) in [6.07, 6.45) is 29.3. The van der Waals surface area contributed by atoms with E-state index in [-0.39, 0.29) is 6.61 Å². The standard InChI is InChI=1S/C33H67NO4/c1-3-5-7-9-11-13-15-16-18-20-22-24-26-28-32(37)33(38)34-30(29-35)31(36)27-25-23-21-19-17-14-12-10-8-6-4-2/h30-32,35-37H,3-29H2,1-2H3,(H,34,38). The summed E-state index contributed by atoms with van der Waals surface area (Å²) in [5, 5.41) is 33.0. The number of aliphatic hydroxyl groups is 3. The Hall–Kier alpha value is -0.650. The monoisotopic (exact) mass is 542 g/mol. The second kappa shape index (κ2) is 29.3. The summed E-state index contributed by atoms with van der Waals surface area (Å²) in [5.41, 5.74) is 0. The van der Waals surface area contributed by atoms with E-state index in [1.54, 1.807) is 0 Å². The summed E-state index contributed by atoms with van der Waals surface area (Å²) in [7, 11) is 0. The fourth-order valence-electron chi connectivity index (χ4n) is 5.25. The SMILES string of the molecule is CCCCCCCCCCCCCCCC(O)C(=O)NC(CO)C(O)CCCCCCCCCCCCC. The molecule has 0 aromatic heterocycles. The summed E-state index contributed by atoms with van der Waals surface area (Å²) in [6.45, 7) is 4.20. The van der Waals surface area contributed by atoms with Gasteiger partial charge in [-0.2, -0.15) is 0 Å². The lowest BCUT2D eigenvalue weighted by Gasteiger charge is -2.23. The van der Waals surface area contributed by atoms with Crippen molar-refractivity contribution in [1.29, 1.82) is 0 Å². The molecule has 3 unspecified atom stereocenters. The van der Waals surface area contributed by atoms with Crippen molar-refractivity contribution in [2.75, 3.05) is 6.61 Å². The zero-order chi connectivity index (χ0) is 28.1. The molecule has 0 fully saturated rings. The zero-order valence-electron chi connectivity index (χ0n) is 25.6. The molecule has 0 radical (unpaired) electrons. The van der Waals surface area contributed by atoms with Crippen LogP contribution in [0.4, 0.5) is 0 Å². The van der Waals surface area contributed by atoms with E-state index in [9.17, 15) is 20.1 Å². The zero-order valence-corrected chi connectivity index (χ0v) is 25.6. The van der Waals surface area contributed by atoms with Gasteiger partial charge in [0.25, 0.3) is 0 Å². The van der Waals surface area contributed by atoms with Crippen LogP contribution in [0.2, 0.25) is 0 Å². The van der Waals surface area contributed by atoms with Crippen molar-refractivity contribution in [3.8, 4) is 0 Å². The Morgan fingerprint density at radius 2 is 0.842 bits per heavy atom. The number of hydrogen-bond donors (Lipinski definition) is 4. The Balaban J connectivity index is 3.70. The molecule has 4 N–H and O–H groups in total. The van der Waals surface area contributed by atoms with Crippen LogP contribution in [0, 0.1) is 0 Å². The molecule has 1 amide bonds. The highest BCUT2D eigenvalue weighted by Crippen LogP contribution is 2.15. The molecular weight excluding hydrogens is 474 g/mol. The Kier molecular flexibility index (Phi) is 28.8. The summed E-state index contributed by atoms with van der Waals surface area (Å²) in [6, 6.07) is -0.702. The highest BCUT2D eigenvalue weighted by Gasteiger charge is 2.23. The third-order valence-electron chi connectivity index (χ3n) is 7.98. The van der Waals surface area contributed by atoms with E-state index < -0.39 is 24.2 Å². The number of nitrogens with one attached hydrogen (secondary N) is 1. The average molecular weight is 542 g/mol. The minimum Gasteiger partial charge on any atom is -0.394 e. The molecule has 0 bridgehead atoms. The summed E-state index contributed by atoms with van der Waals surface area (Å²) in [5.74, 6) is -0.471. The first-order valence-corrected chi connectivity index (χ1v) is 16.8. The van der Waals surface area contributed by atoms with Gasteiger partial charge in [-0.25, -0.2) is 0 Å². The Morgan fingerprint density at radius 1 is 0.526 bits per heavy atom. The van der Waals surface area contributed by atoms with Crippen LogP contribution in [0.15, 0.2) is 0 Å². The lowest BCUT2D eigenvalue weighted by Crippen LogP contribution is -2.49. The highest BCUT2D eigenvalue weighted by atomic mass is 16.3. The van der Waals surface area contributed by atoms with Gasteiger partial charge >= 0.3 is 0 Å². The van der Waals surface area contributed by atoms with Gasteiger partial charge in [-0.15, -0.1) is 0 Å². The van der Waals surface area contributed by atoms with Crippen molar-refractivity contribution in [3.05, 3.63) is 0 Å². The van der Waals surface area contributed by atoms with Gasteiger partial charge in [0.1, 0.15) is 6.10 Å². The van der Waals surface area contributed by atoms with E-state index in [4.69, 9.17) is 0 Å². The average Bonchev–Trinajstić information content (AvgIpc) is 2.92. The first-order valence-electron chi connectivity index (χ1n) is 16.8. The van der Waals surface area contributed by atoms with Crippen molar-refractivity contribution in [3.63, 3.8) is 0 Å². The van der Waals surface area contributed by atoms with Crippen LogP contribution >= 0.6 is 0 Å². The molecule has 0 aromatic rings. The van der Waals surface area contributed by atoms with E-state index in [2.05, 4.69) is 19.2 Å². The summed E-state index contributed by atoms with van der Waals surface area (Å²) >= 11 is 0. The molecule has 5 heteroatoms. The number of amides is 1.